The molecule has 0 saturated carbocycles. The molecule has 0 aliphatic carbocycles. The Morgan fingerprint density at radius 3 is 2.69 bits per heavy atom. The number of likely N-dealkylation sites (tertiary alicyclic amines) is 1. The summed E-state index contributed by atoms with van der Waals surface area (Å²) < 4.78 is 0. The average molecular weight is 224 g/mol. The van der Waals surface area contributed by atoms with Crippen LogP contribution >= 0.6 is 0 Å². The molecule has 3 nitrogen and oxygen atoms in total. The molecule has 0 bridgehead atoms. The van der Waals surface area contributed by atoms with Crippen LogP contribution < -0.4 is 5.32 Å². The van der Waals surface area contributed by atoms with Gasteiger partial charge in [-0.2, -0.15) is 0 Å². The summed E-state index contributed by atoms with van der Waals surface area (Å²) in [7, 11) is 0. The van der Waals surface area contributed by atoms with Gasteiger partial charge in [0.25, 0.3) is 0 Å². The maximum absolute atomic E-state index is 11.6. The Morgan fingerprint density at radius 2 is 2.12 bits per heavy atom. The molecule has 0 aromatic carbocycles. The SMILES string of the molecule is C=CC(=O)N1CCCC[C@@H](NC(C)(C)C)C1. The predicted octanol–water partition coefficient (Wildman–Crippen LogP) is 1.94. The van der Waals surface area contributed by atoms with E-state index in [2.05, 4.69) is 32.7 Å². The van der Waals surface area contributed by atoms with Gasteiger partial charge in [-0.3, -0.25) is 4.79 Å². The Kier molecular flexibility index (Phi) is 4.54. The third-order valence-corrected chi connectivity index (χ3v) is 2.79. The summed E-state index contributed by atoms with van der Waals surface area (Å²) in [5.74, 6) is 0.0580. The molecule has 0 unspecified atom stereocenters. The van der Waals surface area contributed by atoms with Gasteiger partial charge in [-0.05, 0) is 39.7 Å². The van der Waals surface area contributed by atoms with Crippen molar-refractivity contribution in [2.24, 2.45) is 0 Å². The number of nitrogens with one attached hydrogen (secondary N) is 1. The number of rotatable bonds is 2. The van der Waals surface area contributed by atoms with E-state index in [0.717, 1.165) is 25.9 Å². The molecule has 1 amide bonds. The lowest BCUT2D eigenvalue weighted by molar-refractivity contribution is -0.126. The fraction of sp³-hybridized carbons (Fsp3) is 0.769. The quantitative estimate of drug-likeness (QED) is 0.727. The first-order valence-electron chi connectivity index (χ1n) is 6.11. The van der Waals surface area contributed by atoms with Gasteiger partial charge in [0.1, 0.15) is 0 Å². The molecule has 1 atom stereocenters. The van der Waals surface area contributed by atoms with E-state index in [1.807, 2.05) is 4.90 Å². The molecule has 1 aliphatic rings. The van der Waals surface area contributed by atoms with Crippen molar-refractivity contribution < 1.29 is 4.79 Å². The lowest BCUT2D eigenvalue weighted by Crippen LogP contribution is -2.49. The smallest absolute Gasteiger partial charge is 0.246 e. The molecule has 1 rings (SSSR count). The van der Waals surface area contributed by atoms with Crippen molar-refractivity contribution in [3.05, 3.63) is 12.7 Å². The maximum Gasteiger partial charge on any atom is 0.246 e. The molecule has 0 radical (unpaired) electrons. The fourth-order valence-electron chi connectivity index (χ4n) is 2.20. The minimum Gasteiger partial charge on any atom is -0.338 e. The number of carbonyl (C=O) groups is 1. The van der Waals surface area contributed by atoms with E-state index >= 15 is 0 Å². The lowest BCUT2D eigenvalue weighted by Gasteiger charge is -2.30. The molecule has 1 fully saturated rings. The van der Waals surface area contributed by atoms with Crippen LogP contribution in [0.3, 0.4) is 0 Å². The number of amides is 1. The lowest BCUT2D eigenvalue weighted by atomic mass is 10.0. The van der Waals surface area contributed by atoms with E-state index in [4.69, 9.17) is 0 Å². The van der Waals surface area contributed by atoms with Gasteiger partial charge < -0.3 is 10.2 Å². The van der Waals surface area contributed by atoms with Gasteiger partial charge in [0.2, 0.25) is 5.91 Å². The fourth-order valence-corrected chi connectivity index (χ4v) is 2.20. The van der Waals surface area contributed by atoms with Crippen molar-refractivity contribution in [3.63, 3.8) is 0 Å². The zero-order valence-corrected chi connectivity index (χ0v) is 10.8. The van der Waals surface area contributed by atoms with E-state index in [1.165, 1.54) is 12.5 Å². The van der Waals surface area contributed by atoms with Crippen LogP contribution in [0.4, 0.5) is 0 Å². The van der Waals surface area contributed by atoms with Crippen LogP contribution in [0.15, 0.2) is 12.7 Å². The Morgan fingerprint density at radius 1 is 1.44 bits per heavy atom. The average Bonchev–Trinajstić information content (AvgIpc) is 2.39. The van der Waals surface area contributed by atoms with Crippen LogP contribution in [0, 0.1) is 0 Å². The predicted molar refractivity (Wildman–Crippen MR) is 67.3 cm³/mol. The van der Waals surface area contributed by atoms with E-state index in [1.54, 1.807) is 0 Å². The van der Waals surface area contributed by atoms with Crippen LogP contribution in [0.1, 0.15) is 40.0 Å². The van der Waals surface area contributed by atoms with Crippen LogP contribution in [0.5, 0.6) is 0 Å². The molecular weight excluding hydrogens is 200 g/mol. The minimum atomic E-state index is 0.0580. The van der Waals surface area contributed by atoms with Gasteiger partial charge in [-0.25, -0.2) is 0 Å². The Labute approximate surface area is 98.9 Å². The highest BCUT2D eigenvalue weighted by Gasteiger charge is 2.23. The van der Waals surface area contributed by atoms with Gasteiger partial charge in [-0.15, -0.1) is 0 Å². The van der Waals surface area contributed by atoms with Gasteiger partial charge in [0.05, 0.1) is 0 Å². The maximum atomic E-state index is 11.6. The summed E-state index contributed by atoms with van der Waals surface area (Å²) in [6.07, 6.45) is 4.86. The molecule has 0 aromatic rings. The van der Waals surface area contributed by atoms with Crippen molar-refractivity contribution in [2.75, 3.05) is 13.1 Å². The van der Waals surface area contributed by atoms with Crippen molar-refractivity contribution in [1.29, 1.82) is 0 Å². The third kappa shape index (κ3) is 4.35. The van der Waals surface area contributed by atoms with Gasteiger partial charge in [0, 0.05) is 24.7 Å². The van der Waals surface area contributed by atoms with Gasteiger partial charge in [-0.1, -0.05) is 13.0 Å². The molecule has 16 heavy (non-hydrogen) atoms. The second-order valence-electron chi connectivity index (χ2n) is 5.58. The standard InChI is InChI=1S/C13H24N2O/c1-5-12(16)15-9-7-6-8-11(10-15)14-13(2,3)4/h5,11,14H,1,6-10H2,2-4H3/t11-/m1/s1. The summed E-state index contributed by atoms with van der Waals surface area (Å²) >= 11 is 0. The molecular formula is C13H24N2O. The van der Waals surface area contributed by atoms with Gasteiger partial charge in [0.15, 0.2) is 0 Å². The number of nitrogens with zero attached hydrogens (tertiary/aromatic N) is 1. The summed E-state index contributed by atoms with van der Waals surface area (Å²) in [5, 5.41) is 3.58. The highest BCUT2D eigenvalue weighted by molar-refractivity contribution is 5.87. The topological polar surface area (TPSA) is 32.3 Å². The summed E-state index contributed by atoms with van der Waals surface area (Å²) in [6.45, 7) is 11.7. The van der Waals surface area contributed by atoms with Crippen LogP contribution in [-0.4, -0.2) is 35.5 Å². The molecule has 1 aliphatic heterocycles. The van der Waals surface area contributed by atoms with Crippen LogP contribution in [0.2, 0.25) is 0 Å². The summed E-state index contributed by atoms with van der Waals surface area (Å²) in [4.78, 5) is 13.5. The zero-order valence-electron chi connectivity index (χ0n) is 10.8. The Balaban J connectivity index is 2.58. The van der Waals surface area contributed by atoms with Crippen molar-refractivity contribution in [3.8, 4) is 0 Å². The zero-order chi connectivity index (χ0) is 12.2. The van der Waals surface area contributed by atoms with Crippen molar-refractivity contribution >= 4 is 5.91 Å². The minimum absolute atomic E-state index is 0.0580. The summed E-state index contributed by atoms with van der Waals surface area (Å²) in [5.41, 5.74) is 0.109. The largest absolute Gasteiger partial charge is 0.338 e. The van der Waals surface area contributed by atoms with Crippen molar-refractivity contribution in [1.82, 2.24) is 10.2 Å². The highest BCUT2D eigenvalue weighted by atomic mass is 16.2. The van der Waals surface area contributed by atoms with Crippen LogP contribution in [0.25, 0.3) is 0 Å². The molecule has 1 N–H and O–H groups in total. The second-order valence-corrected chi connectivity index (χ2v) is 5.58. The monoisotopic (exact) mass is 224 g/mol. The van der Waals surface area contributed by atoms with E-state index in [0.29, 0.717) is 6.04 Å². The molecule has 3 heteroatoms. The number of hydrogen-bond acceptors (Lipinski definition) is 2. The molecule has 1 heterocycles. The highest BCUT2D eigenvalue weighted by Crippen LogP contribution is 2.14. The summed E-state index contributed by atoms with van der Waals surface area (Å²) in [6, 6.07) is 0.409. The molecule has 0 spiro atoms. The van der Waals surface area contributed by atoms with Gasteiger partial charge >= 0.3 is 0 Å². The Bertz CT molecular complexity index is 255. The van der Waals surface area contributed by atoms with E-state index in [-0.39, 0.29) is 11.4 Å². The Hall–Kier alpha value is -0.830. The molecule has 1 saturated heterocycles. The number of carbonyl (C=O) groups excluding carboxylic acids is 1. The van der Waals surface area contributed by atoms with E-state index in [9.17, 15) is 4.79 Å². The van der Waals surface area contributed by atoms with Crippen molar-refractivity contribution in [2.45, 2.75) is 51.6 Å². The first-order valence-corrected chi connectivity index (χ1v) is 6.11. The first-order chi connectivity index (χ1) is 7.42. The number of hydrogen-bond donors (Lipinski definition) is 1. The third-order valence-electron chi connectivity index (χ3n) is 2.79. The molecule has 92 valence electrons. The normalized spacial score (nSPS) is 22.7. The van der Waals surface area contributed by atoms with E-state index < -0.39 is 0 Å². The first kappa shape index (κ1) is 13.2. The van der Waals surface area contributed by atoms with Crippen LogP contribution in [-0.2, 0) is 4.79 Å². The molecule has 0 aromatic heterocycles. The second kappa shape index (κ2) is 5.48.